The average molecular weight is 433 g/mol. The van der Waals surface area contributed by atoms with Gasteiger partial charge in [-0.2, -0.15) is 0 Å². The second-order valence-electron chi connectivity index (χ2n) is 7.29. The maximum absolute atomic E-state index is 6.03. The minimum atomic E-state index is 0.257. The lowest BCUT2D eigenvalue weighted by Gasteiger charge is -2.18. The van der Waals surface area contributed by atoms with Gasteiger partial charge in [0.15, 0.2) is 5.16 Å². The molecule has 0 bridgehead atoms. The van der Waals surface area contributed by atoms with E-state index in [0.717, 1.165) is 59.1 Å². The van der Waals surface area contributed by atoms with Gasteiger partial charge in [0.05, 0.1) is 25.7 Å². The number of rotatable bonds is 8. The summed E-state index contributed by atoms with van der Waals surface area (Å²) in [5, 5.41) is 10.4. The van der Waals surface area contributed by atoms with E-state index in [1.165, 1.54) is 0 Å². The summed E-state index contributed by atoms with van der Waals surface area (Å²) in [5.74, 6) is 2.71. The zero-order valence-corrected chi connectivity index (χ0v) is 18.2. The smallest absolute Gasteiger partial charge is 0.191 e. The molecule has 0 N–H and O–H groups in total. The molecule has 8 heteroatoms. The number of aromatic nitrogens is 3. The van der Waals surface area contributed by atoms with Gasteiger partial charge in [-0.3, -0.25) is 4.90 Å². The SMILES string of the molecule is CSc1nnc(CN(C)Cc2ccc(-c3ccc(Cl)cc3)o2)n1C[C@H]1CCCO1. The molecule has 3 aromatic rings. The van der Waals surface area contributed by atoms with Crippen LogP contribution < -0.4 is 0 Å². The van der Waals surface area contributed by atoms with Crippen LogP contribution in [0.1, 0.15) is 24.4 Å². The lowest BCUT2D eigenvalue weighted by atomic mass is 10.2. The van der Waals surface area contributed by atoms with Crippen LogP contribution >= 0.6 is 23.4 Å². The molecule has 4 rings (SSSR count). The van der Waals surface area contributed by atoms with Crippen molar-refractivity contribution in [1.82, 2.24) is 19.7 Å². The van der Waals surface area contributed by atoms with Crippen molar-refractivity contribution in [1.29, 1.82) is 0 Å². The normalized spacial score (nSPS) is 16.8. The van der Waals surface area contributed by atoms with E-state index >= 15 is 0 Å². The van der Waals surface area contributed by atoms with Gasteiger partial charge in [0.25, 0.3) is 0 Å². The Labute approximate surface area is 180 Å². The lowest BCUT2D eigenvalue weighted by Crippen LogP contribution is -2.23. The van der Waals surface area contributed by atoms with Crippen molar-refractivity contribution in [3.63, 3.8) is 0 Å². The van der Waals surface area contributed by atoms with Crippen molar-refractivity contribution >= 4 is 23.4 Å². The molecule has 0 saturated carbocycles. The number of halogens is 1. The van der Waals surface area contributed by atoms with E-state index in [9.17, 15) is 0 Å². The second-order valence-corrected chi connectivity index (χ2v) is 8.50. The molecule has 0 unspecified atom stereocenters. The lowest BCUT2D eigenvalue weighted by molar-refractivity contribution is 0.0934. The standard InChI is InChI=1S/C21H25ClN4O2S/c1-25(12-18-9-10-19(28-18)15-5-7-16(22)8-6-15)14-20-23-24-21(29-2)26(20)13-17-4-3-11-27-17/h5-10,17H,3-4,11-14H2,1-2H3/t17-/m1/s1. The van der Waals surface area contributed by atoms with Crippen molar-refractivity contribution in [2.24, 2.45) is 0 Å². The van der Waals surface area contributed by atoms with Gasteiger partial charge >= 0.3 is 0 Å². The summed E-state index contributed by atoms with van der Waals surface area (Å²) in [6, 6.07) is 11.7. The Morgan fingerprint density at radius 3 is 2.72 bits per heavy atom. The summed E-state index contributed by atoms with van der Waals surface area (Å²) in [4.78, 5) is 2.19. The van der Waals surface area contributed by atoms with Gasteiger partial charge in [0.1, 0.15) is 17.3 Å². The van der Waals surface area contributed by atoms with E-state index in [0.29, 0.717) is 13.1 Å². The summed E-state index contributed by atoms with van der Waals surface area (Å²) in [6.45, 7) is 3.05. The molecule has 1 fully saturated rings. The fourth-order valence-corrected chi connectivity index (χ4v) is 4.21. The predicted molar refractivity (Wildman–Crippen MR) is 115 cm³/mol. The van der Waals surface area contributed by atoms with E-state index in [1.54, 1.807) is 11.8 Å². The van der Waals surface area contributed by atoms with E-state index in [-0.39, 0.29) is 6.10 Å². The summed E-state index contributed by atoms with van der Waals surface area (Å²) < 4.78 is 14.0. The molecule has 1 aliphatic heterocycles. The molecular formula is C21H25ClN4O2S. The van der Waals surface area contributed by atoms with Crippen LogP contribution in [0.5, 0.6) is 0 Å². The highest BCUT2D eigenvalue weighted by Crippen LogP contribution is 2.25. The molecule has 1 saturated heterocycles. The van der Waals surface area contributed by atoms with Crippen molar-refractivity contribution in [3.05, 3.63) is 53.0 Å². The van der Waals surface area contributed by atoms with E-state index in [1.807, 2.05) is 42.7 Å². The Kier molecular flexibility index (Phi) is 6.60. The molecule has 0 amide bonds. The van der Waals surface area contributed by atoms with Crippen LogP contribution in [0, 0.1) is 0 Å². The summed E-state index contributed by atoms with van der Waals surface area (Å²) in [5.41, 5.74) is 1.02. The van der Waals surface area contributed by atoms with Gasteiger partial charge in [0.2, 0.25) is 0 Å². The molecular weight excluding hydrogens is 408 g/mol. The number of hydrogen-bond acceptors (Lipinski definition) is 6. The highest BCUT2D eigenvalue weighted by molar-refractivity contribution is 7.98. The van der Waals surface area contributed by atoms with Crippen LogP contribution in [0.25, 0.3) is 11.3 Å². The fourth-order valence-electron chi connectivity index (χ4n) is 3.56. The third-order valence-electron chi connectivity index (χ3n) is 5.01. The zero-order chi connectivity index (χ0) is 20.2. The van der Waals surface area contributed by atoms with Crippen molar-refractivity contribution in [2.75, 3.05) is 19.9 Å². The molecule has 1 aromatic carbocycles. The molecule has 1 aliphatic rings. The number of thioether (sulfide) groups is 1. The minimum absolute atomic E-state index is 0.257. The first-order valence-corrected chi connectivity index (χ1v) is 11.3. The van der Waals surface area contributed by atoms with Crippen molar-refractivity contribution in [3.8, 4) is 11.3 Å². The van der Waals surface area contributed by atoms with Crippen LogP contribution in [-0.4, -0.2) is 45.7 Å². The third kappa shape index (κ3) is 5.04. The number of benzene rings is 1. The summed E-state index contributed by atoms with van der Waals surface area (Å²) in [7, 11) is 2.06. The first-order valence-electron chi connectivity index (χ1n) is 9.73. The Morgan fingerprint density at radius 2 is 2.00 bits per heavy atom. The average Bonchev–Trinajstić information content (AvgIpc) is 3.46. The van der Waals surface area contributed by atoms with Crippen LogP contribution in [0.2, 0.25) is 5.02 Å². The maximum Gasteiger partial charge on any atom is 0.191 e. The first kappa shape index (κ1) is 20.5. The van der Waals surface area contributed by atoms with Crippen LogP contribution in [0.15, 0.2) is 46.0 Å². The van der Waals surface area contributed by atoms with Gasteiger partial charge in [0, 0.05) is 17.2 Å². The van der Waals surface area contributed by atoms with Crippen LogP contribution in [0.4, 0.5) is 0 Å². The molecule has 0 spiro atoms. The topological polar surface area (TPSA) is 56.3 Å². The zero-order valence-electron chi connectivity index (χ0n) is 16.7. The Bertz CT molecular complexity index is 935. The monoisotopic (exact) mass is 432 g/mol. The van der Waals surface area contributed by atoms with Gasteiger partial charge in [-0.05, 0) is 62.5 Å². The number of hydrogen-bond donors (Lipinski definition) is 0. The van der Waals surface area contributed by atoms with Crippen LogP contribution in [0.3, 0.4) is 0 Å². The van der Waals surface area contributed by atoms with Crippen molar-refractivity contribution in [2.45, 2.75) is 43.7 Å². The van der Waals surface area contributed by atoms with Gasteiger partial charge in [-0.1, -0.05) is 23.4 Å². The quantitative estimate of drug-likeness (QED) is 0.480. The molecule has 154 valence electrons. The highest BCUT2D eigenvalue weighted by atomic mass is 35.5. The van der Waals surface area contributed by atoms with Crippen molar-refractivity contribution < 1.29 is 9.15 Å². The number of nitrogens with zero attached hydrogens (tertiary/aromatic N) is 4. The van der Waals surface area contributed by atoms with Crippen LogP contribution in [-0.2, 0) is 24.4 Å². The molecule has 29 heavy (non-hydrogen) atoms. The Hall–Kier alpha value is -1.80. The molecule has 0 radical (unpaired) electrons. The fraction of sp³-hybridized carbons (Fsp3) is 0.429. The van der Waals surface area contributed by atoms with Gasteiger partial charge in [-0.15, -0.1) is 10.2 Å². The molecule has 3 heterocycles. The Balaban J connectivity index is 1.41. The van der Waals surface area contributed by atoms with E-state index < -0.39 is 0 Å². The Morgan fingerprint density at radius 1 is 1.17 bits per heavy atom. The number of ether oxygens (including phenoxy) is 1. The molecule has 6 nitrogen and oxygen atoms in total. The summed E-state index contributed by atoms with van der Waals surface area (Å²) in [6.07, 6.45) is 4.52. The van der Waals surface area contributed by atoms with E-state index in [4.69, 9.17) is 20.8 Å². The molecule has 2 aromatic heterocycles. The largest absolute Gasteiger partial charge is 0.460 e. The first-order chi connectivity index (χ1) is 14.1. The second kappa shape index (κ2) is 9.34. The van der Waals surface area contributed by atoms with E-state index in [2.05, 4.69) is 26.7 Å². The van der Waals surface area contributed by atoms with Gasteiger partial charge < -0.3 is 13.7 Å². The highest BCUT2D eigenvalue weighted by Gasteiger charge is 2.21. The third-order valence-corrected chi connectivity index (χ3v) is 5.93. The molecule has 0 aliphatic carbocycles. The summed E-state index contributed by atoms with van der Waals surface area (Å²) >= 11 is 7.59. The van der Waals surface area contributed by atoms with Gasteiger partial charge in [-0.25, -0.2) is 0 Å². The maximum atomic E-state index is 6.03. The predicted octanol–water partition coefficient (Wildman–Crippen LogP) is 4.72. The number of furan rings is 1. The minimum Gasteiger partial charge on any atom is -0.460 e. The molecule has 1 atom stereocenters.